The van der Waals surface area contributed by atoms with E-state index in [0.29, 0.717) is 12.1 Å². The third kappa shape index (κ3) is 1.77. The monoisotopic (exact) mass is 199 g/mol. The van der Waals surface area contributed by atoms with Crippen molar-refractivity contribution in [1.82, 2.24) is 4.90 Å². The summed E-state index contributed by atoms with van der Waals surface area (Å²) in [5, 5.41) is 8.58. The van der Waals surface area contributed by atoms with E-state index in [1.54, 1.807) is 0 Å². The van der Waals surface area contributed by atoms with Gasteiger partial charge in [-0.05, 0) is 32.7 Å². The Morgan fingerprint density at radius 1 is 1.43 bits per heavy atom. The first-order valence-electron chi connectivity index (χ1n) is 5.23. The average molecular weight is 199 g/mol. The lowest BCUT2D eigenvalue weighted by Gasteiger charge is -2.35. The maximum absolute atomic E-state index is 10.9. The van der Waals surface area contributed by atoms with Crippen molar-refractivity contribution in [1.29, 1.82) is 0 Å². The molecule has 0 aromatic carbocycles. The molecule has 0 aromatic rings. The van der Waals surface area contributed by atoms with Crippen LogP contribution in [0.5, 0.6) is 0 Å². The average Bonchev–Trinajstić information content (AvgIpc) is 2.42. The minimum atomic E-state index is -0.498. The lowest BCUT2D eigenvalue weighted by atomic mass is 10.0. The van der Waals surface area contributed by atoms with Gasteiger partial charge in [0.2, 0.25) is 0 Å². The first-order chi connectivity index (χ1) is 6.70. The van der Waals surface area contributed by atoms with Gasteiger partial charge in [0.15, 0.2) is 0 Å². The van der Waals surface area contributed by atoms with Crippen molar-refractivity contribution in [3.8, 4) is 0 Å². The van der Waals surface area contributed by atoms with E-state index in [0.717, 1.165) is 12.8 Å². The molecule has 0 saturated carbocycles. The fourth-order valence-corrected chi connectivity index (χ4v) is 2.68. The third-order valence-electron chi connectivity index (χ3n) is 3.48. The summed E-state index contributed by atoms with van der Waals surface area (Å²) < 4.78 is 5.15. The highest BCUT2D eigenvalue weighted by atomic mass is 16.6. The predicted molar refractivity (Wildman–Crippen MR) is 50.8 cm³/mol. The van der Waals surface area contributed by atoms with Crippen LogP contribution in [0.4, 0.5) is 0 Å². The second-order valence-corrected chi connectivity index (χ2v) is 4.29. The molecule has 4 nitrogen and oxygen atoms in total. The fourth-order valence-electron chi connectivity index (χ4n) is 2.68. The summed E-state index contributed by atoms with van der Waals surface area (Å²) in [6.07, 6.45) is 4.32. The molecular formula is C10H17NO3. The zero-order valence-electron chi connectivity index (χ0n) is 8.48. The van der Waals surface area contributed by atoms with Gasteiger partial charge in [-0.2, -0.15) is 0 Å². The Hall–Kier alpha value is -0.610. The number of aliphatic hydroxyl groups excluding tert-OH is 1. The van der Waals surface area contributed by atoms with Crippen LogP contribution in [0.2, 0.25) is 0 Å². The van der Waals surface area contributed by atoms with Gasteiger partial charge in [0.1, 0.15) is 12.7 Å². The minimum absolute atomic E-state index is 0.0309. The Bertz CT molecular complexity index is 217. The SMILES string of the molecule is CN1C2CCC1CC(OC(=O)CO)C2. The van der Waals surface area contributed by atoms with Crippen LogP contribution in [0.25, 0.3) is 0 Å². The molecule has 0 amide bonds. The quantitative estimate of drug-likeness (QED) is 0.643. The van der Waals surface area contributed by atoms with E-state index in [-0.39, 0.29) is 6.10 Å². The molecule has 0 aromatic heterocycles. The van der Waals surface area contributed by atoms with Crippen molar-refractivity contribution < 1.29 is 14.6 Å². The molecule has 14 heavy (non-hydrogen) atoms. The maximum Gasteiger partial charge on any atom is 0.332 e. The Labute approximate surface area is 83.8 Å². The fraction of sp³-hybridized carbons (Fsp3) is 0.900. The molecular weight excluding hydrogens is 182 g/mol. The van der Waals surface area contributed by atoms with Crippen molar-refractivity contribution in [2.75, 3.05) is 13.7 Å². The first kappa shape index (κ1) is 9.93. The Kier molecular flexibility index (Phi) is 2.74. The van der Waals surface area contributed by atoms with Crippen LogP contribution >= 0.6 is 0 Å². The molecule has 1 N–H and O–H groups in total. The van der Waals surface area contributed by atoms with Crippen molar-refractivity contribution in [2.45, 2.75) is 43.9 Å². The van der Waals surface area contributed by atoms with Gasteiger partial charge in [0.05, 0.1) is 0 Å². The van der Waals surface area contributed by atoms with Crippen molar-refractivity contribution in [3.05, 3.63) is 0 Å². The standard InChI is InChI=1S/C10H17NO3/c1-11-7-2-3-8(11)5-9(4-7)14-10(13)6-12/h7-9,12H,2-6H2,1H3. The van der Waals surface area contributed by atoms with Crippen molar-refractivity contribution in [2.24, 2.45) is 0 Å². The molecule has 2 heterocycles. The van der Waals surface area contributed by atoms with Crippen molar-refractivity contribution >= 4 is 5.97 Å². The number of aliphatic hydroxyl groups is 1. The van der Waals surface area contributed by atoms with Gasteiger partial charge in [-0.3, -0.25) is 0 Å². The van der Waals surface area contributed by atoms with Crippen LogP contribution in [-0.2, 0) is 9.53 Å². The summed E-state index contributed by atoms with van der Waals surface area (Å²) in [6, 6.07) is 1.15. The number of carbonyl (C=O) groups excluding carboxylic acids is 1. The molecule has 0 radical (unpaired) electrons. The normalized spacial score (nSPS) is 37.1. The van der Waals surface area contributed by atoms with Gasteiger partial charge in [0, 0.05) is 12.1 Å². The minimum Gasteiger partial charge on any atom is -0.461 e. The lowest BCUT2D eigenvalue weighted by molar-refractivity contribution is -0.155. The maximum atomic E-state index is 10.9. The van der Waals surface area contributed by atoms with Gasteiger partial charge in [-0.25, -0.2) is 4.79 Å². The summed E-state index contributed by atoms with van der Waals surface area (Å²) in [6.45, 7) is -0.498. The largest absolute Gasteiger partial charge is 0.461 e. The van der Waals surface area contributed by atoms with Gasteiger partial charge in [0.25, 0.3) is 0 Å². The Morgan fingerprint density at radius 3 is 2.50 bits per heavy atom. The van der Waals surface area contributed by atoms with Crippen LogP contribution in [-0.4, -0.2) is 47.8 Å². The van der Waals surface area contributed by atoms with E-state index >= 15 is 0 Å². The van der Waals surface area contributed by atoms with E-state index in [9.17, 15) is 4.79 Å². The number of fused-ring (bicyclic) bond motifs is 2. The van der Waals surface area contributed by atoms with E-state index in [4.69, 9.17) is 9.84 Å². The summed E-state index contributed by atoms with van der Waals surface area (Å²) in [7, 11) is 2.15. The van der Waals surface area contributed by atoms with Crippen LogP contribution in [0.3, 0.4) is 0 Å². The van der Waals surface area contributed by atoms with Gasteiger partial charge < -0.3 is 14.7 Å². The molecule has 80 valence electrons. The Morgan fingerprint density at radius 2 is 2.00 bits per heavy atom. The first-order valence-corrected chi connectivity index (χ1v) is 5.23. The highest BCUT2D eigenvalue weighted by Gasteiger charge is 2.39. The number of piperidine rings is 1. The zero-order chi connectivity index (χ0) is 10.1. The number of esters is 1. The predicted octanol–water partition coefficient (Wildman–Crippen LogP) is 0.147. The summed E-state index contributed by atoms with van der Waals surface area (Å²) in [5.41, 5.74) is 0. The summed E-state index contributed by atoms with van der Waals surface area (Å²) in [5.74, 6) is -0.487. The van der Waals surface area contributed by atoms with E-state index in [1.807, 2.05) is 0 Å². The summed E-state index contributed by atoms with van der Waals surface area (Å²) in [4.78, 5) is 13.3. The number of ether oxygens (including phenoxy) is 1. The third-order valence-corrected chi connectivity index (χ3v) is 3.48. The lowest BCUT2D eigenvalue weighted by Crippen LogP contribution is -2.43. The molecule has 2 aliphatic rings. The molecule has 2 bridgehead atoms. The van der Waals surface area contributed by atoms with Gasteiger partial charge in [-0.1, -0.05) is 0 Å². The zero-order valence-corrected chi connectivity index (χ0v) is 8.48. The summed E-state index contributed by atoms with van der Waals surface area (Å²) >= 11 is 0. The van der Waals surface area contributed by atoms with E-state index in [2.05, 4.69) is 11.9 Å². The van der Waals surface area contributed by atoms with E-state index in [1.165, 1.54) is 12.8 Å². The topological polar surface area (TPSA) is 49.8 Å². The molecule has 2 fully saturated rings. The highest BCUT2D eigenvalue weighted by molar-refractivity contribution is 5.70. The van der Waals surface area contributed by atoms with Gasteiger partial charge in [-0.15, -0.1) is 0 Å². The number of rotatable bonds is 2. The molecule has 2 unspecified atom stereocenters. The Balaban J connectivity index is 1.90. The van der Waals surface area contributed by atoms with Gasteiger partial charge >= 0.3 is 5.97 Å². The van der Waals surface area contributed by atoms with E-state index < -0.39 is 12.6 Å². The van der Waals surface area contributed by atoms with Crippen LogP contribution in [0, 0.1) is 0 Å². The molecule has 2 atom stereocenters. The molecule has 2 saturated heterocycles. The van der Waals surface area contributed by atoms with Crippen LogP contribution in [0.1, 0.15) is 25.7 Å². The molecule has 2 rings (SSSR count). The van der Waals surface area contributed by atoms with Crippen LogP contribution in [0.15, 0.2) is 0 Å². The number of nitrogens with zero attached hydrogens (tertiary/aromatic N) is 1. The van der Waals surface area contributed by atoms with Crippen LogP contribution < -0.4 is 0 Å². The number of carbonyl (C=O) groups is 1. The molecule has 0 aliphatic carbocycles. The molecule has 0 spiro atoms. The smallest absolute Gasteiger partial charge is 0.332 e. The number of hydrogen-bond acceptors (Lipinski definition) is 4. The second-order valence-electron chi connectivity index (χ2n) is 4.29. The second kappa shape index (κ2) is 3.87. The molecule has 2 aliphatic heterocycles. The highest BCUT2D eigenvalue weighted by Crippen LogP contribution is 2.35. The molecule has 4 heteroatoms. The number of hydrogen-bond donors (Lipinski definition) is 1. The van der Waals surface area contributed by atoms with Crippen molar-refractivity contribution in [3.63, 3.8) is 0 Å².